The van der Waals surface area contributed by atoms with E-state index in [0.29, 0.717) is 9.90 Å². The molecule has 0 N–H and O–H groups in total. The minimum absolute atomic E-state index is 0.274. The number of benzene rings is 2. The van der Waals surface area contributed by atoms with Crippen molar-refractivity contribution in [3.63, 3.8) is 0 Å². The first kappa shape index (κ1) is 19.7. The summed E-state index contributed by atoms with van der Waals surface area (Å²) in [7, 11) is 0. The van der Waals surface area contributed by atoms with Crippen molar-refractivity contribution in [3.05, 3.63) is 62.2 Å². The van der Waals surface area contributed by atoms with Gasteiger partial charge in [0, 0.05) is 22.4 Å². The van der Waals surface area contributed by atoms with Crippen molar-refractivity contribution in [2.75, 3.05) is 12.0 Å². The predicted molar refractivity (Wildman–Crippen MR) is 124 cm³/mol. The minimum atomic E-state index is -0.274. The smallest absolute Gasteiger partial charge is 0.291 e. The van der Waals surface area contributed by atoms with Gasteiger partial charge in [0.1, 0.15) is 4.88 Å². The maximum absolute atomic E-state index is 13.0. The lowest BCUT2D eigenvalue weighted by Gasteiger charge is -2.05. The summed E-state index contributed by atoms with van der Waals surface area (Å²) < 4.78 is 4.31. The zero-order valence-electron chi connectivity index (χ0n) is 15.8. The molecule has 7 heteroatoms. The lowest BCUT2D eigenvalue weighted by Crippen LogP contribution is -2.18. The number of aromatic nitrogens is 1. The number of hydrogen-bond acceptors (Lipinski definition) is 4. The molecule has 0 radical (unpaired) electrons. The van der Waals surface area contributed by atoms with Gasteiger partial charge in [0.25, 0.3) is 5.91 Å². The number of halogens is 1. The number of nitrogens with zero attached hydrogens (tertiary/aromatic N) is 2. The Bertz CT molecular complexity index is 1270. The molecule has 3 nitrogen and oxygen atoms in total. The number of fused-ring (bicyclic) bond motifs is 2. The van der Waals surface area contributed by atoms with Crippen molar-refractivity contribution in [1.82, 2.24) is 4.57 Å². The normalized spacial score (nSPS) is 12.4. The lowest BCUT2D eigenvalue weighted by atomic mass is 10.1. The van der Waals surface area contributed by atoms with Crippen LogP contribution in [-0.2, 0) is 6.54 Å². The Balaban J connectivity index is 1.87. The first-order valence-corrected chi connectivity index (χ1v) is 12.3. The van der Waals surface area contributed by atoms with Crippen LogP contribution in [0.1, 0.15) is 20.8 Å². The van der Waals surface area contributed by atoms with Crippen LogP contribution in [0.5, 0.6) is 0 Å². The highest BCUT2D eigenvalue weighted by Gasteiger charge is 2.17. The molecule has 0 saturated heterocycles. The van der Waals surface area contributed by atoms with E-state index in [1.165, 1.54) is 22.5 Å². The fourth-order valence-corrected chi connectivity index (χ4v) is 5.99. The van der Waals surface area contributed by atoms with Crippen molar-refractivity contribution in [2.24, 2.45) is 4.99 Å². The molecule has 0 aliphatic carbocycles. The molecule has 0 fully saturated rings. The van der Waals surface area contributed by atoms with Crippen molar-refractivity contribution in [3.8, 4) is 0 Å². The van der Waals surface area contributed by atoms with Crippen LogP contribution in [-0.4, -0.2) is 22.5 Å². The van der Waals surface area contributed by atoms with Gasteiger partial charge in [-0.25, -0.2) is 0 Å². The monoisotopic (exact) mass is 446 g/mol. The van der Waals surface area contributed by atoms with Crippen LogP contribution in [0.25, 0.3) is 20.3 Å². The fourth-order valence-electron chi connectivity index (χ4n) is 3.09. The molecule has 2 heterocycles. The quantitative estimate of drug-likeness (QED) is 0.369. The summed E-state index contributed by atoms with van der Waals surface area (Å²) in [5.74, 6) is 0.688. The average Bonchev–Trinajstić information content (AvgIpc) is 3.18. The number of aryl methyl sites for hydroxylation is 3. The highest BCUT2D eigenvalue weighted by molar-refractivity contribution is 7.98. The highest BCUT2D eigenvalue weighted by atomic mass is 35.5. The number of thioether (sulfide) groups is 1. The average molecular weight is 447 g/mol. The number of hydrogen-bond donors (Lipinski definition) is 0. The maximum atomic E-state index is 13.0. The highest BCUT2D eigenvalue weighted by Crippen LogP contribution is 2.35. The Labute approximate surface area is 180 Å². The van der Waals surface area contributed by atoms with Gasteiger partial charge in [0.2, 0.25) is 0 Å². The molecule has 0 spiro atoms. The molecule has 0 saturated carbocycles. The molecule has 0 aliphatic rings. The Hall–Kier alpha value is -1.60. The third-order valence-corrected chi connectivity index (χ3v) is 8.04. The topological polar surface area (TPSA) is 34.4 Å². The van der Waals surface area contributed by atoms with E-state index in [0.717, 1.165) is 37.4 Å². The Morgan fingerprint density at radius 3 is 2.64 bits per heavy atom. The Kier molecular flexibility index (Phi) is 5.65. The van der Waals surface area contributed by atoms with E-state index in [1.807, 2.05) is 24.3 Å². The van der Waals surface area contributed by atoms with Crippen molar-refractivity contribution in [1.29, 1.82) is 0 Å². The largest absolute Gasteiger partial charge is 0.315 e. The zero-order chi connectivity index (χ0) is 19.8. The second kappa shape index (κ2) is 8.03. The van der Waals surface area contributed by atoms with Crippen molar-refractivity contribution < 1.29 is 4.79 Å². The summed E-state index contributed by atoms with van der Waals surface area (Å²) in [6, 6.07) is 12.2. The van der Waals surface area contributed by atoms with E-state index >= 15 is 0 Å². The molecule has 144 valence electrons. The number of thiazole rings is 1. The molecular formula is C21H19ClN2OS3. The summed E-state index contributed by atoms with van der Waals surface area (Å²) in [5.41, 5.74) is 3.63. The molecule has 4 rings (SSSR count). The van der Waals surface area contributed by atoms with Crippen LogP contribution >= 0.6 is 46.0 Å². The summed E-state index contributed by atoms with van der Waals surface area (Å²) in [4.78, 5) is 18.7. The number of rotatable bonds is 4. The van der Waals surface area contributed by atoms with E-state index in [2.05, 4.69) is 41.8 Å². The predicted octanol–water partition coefficient (Wildman–Crippen LogP) is 6.29. The van der Waals surface area contributed by atoms with E-state index in [9.17, 15) is 4.79 Å². The molecule has 4 aromatic rings. The molecule has 2 aromatic carbocycles. The third-order valence-electron chi connectivity index (χ3n) is 4.74. The molecule has 28 heavy (non-hydrogen) atoms. The molecule has 0 unspecified atom stereocenters. The molecular weight excluding hydrogens is 428 g/mol. The summed E-state index contributed by atoms with van der Waals surface area (Å²) in [6.07, 6.45) is 2.09. The number of carbonyl (C=O) groups excluding carboxylic acids is 1. The van der Waals surface area contributed by atoms with E-state index in [-0.39, 0.29) is 5.91 Å². The summed E-state index contributed by atoms with van der Waals surface area (Å²) in [5, 5.41) is 1.41. The van der Waals surface area contributed by atoms with Gasteiger partial charge in [-0.3, -0.25) is 4.79 Å². The second-order valence-corrected chi connectivity index (χ2v) is 10.0. The molecule has 1 amide bonds. The standard InChI is InChI=1S/C21H19ClN2OS3/c1-12-10-15-17(11-13(12)2)28-21(24(15)8-9-26-3)23-20(25)19-18(22)14-6-4-5-7-16(14)27-19/h4-7,10-11H,8-9H2,1-3H3. The van der Waals surface area contributed by atoms with Crippen LogP contribution in [0.4, 0.5) is 0 Å². The van der Waals surface area contributed by atoms with Crippen molar-refractivity contribution in [2.45, 2.75) is 20.4 Å². The number of amides is 1. The van der Waals surface area contributed by atoms with Crippen molar-refractivity contribution >= 4 is 72.2 Å². The van der Waals surface area contributed by atoms with Crippen LogP contribution in [0.15, 0.2) is 41.4 Å². The first-order chi connectivity index (χ1) is 13.5. The Morgan fingerprint density at radius 2 is 1.89 bits per heavy atom. The zero-order valence-corrected chi connectivity index (χ0v) is 19.0. The van der Waals surface area contributed by atoms with Gasteiger partial charge in [-0.05, 0) is 49.4 Å². The molecule has 0 aliphatic heterocycles. The van der Waals surface area contributed by atoms with Gasteiger partial charge in [-0.1, -0.05) is 41.1 Å². The van der Waals surface area contributed by atoms with E-state index < -0.39 is 0 Å². The Morgan fingerprint density at radius 1 is 1.14 bits per heavy atom. The minimum Gasteiger partial charge on any atom is -0.315 e. The first-order valence-electron chi connectivity index (χ1n) is 8.85. The van der Waals surface area contributed by atoms with Crippen LogP contribution in [0.3, 0.4) is 0 Å². The van der Waals surface area contributed by atoms with E-state index in [4.69, 9.17) is 11.6 Å². The summed E-state index contributed by atoms with van der Waals surface area (Å²) in [6.45, 7) is 5.04. The van der Waals surface area contributed by atoms with Crippen LogP contribution < -0.4 is 4.80 Å². The fraction of sp³-hybridized carbons (Fsp3) is 0.238. The summed E-state index contributed by atoms with van der Waals surface area (Å²) >= 11 is 11.2. The molecule has 2 aromatic heterocycles. The second-order valence-electron chi connectivity index (χ2n) is 6.59. The van der Waals surface area contributed by atoms with Gasteiger partial charge >= 0.3 is 0 Å². The van der Waals surface area contributed by atoms with Gasteiger partial charge in [-0.15, -0.1) is 11.3 Å². The molecule has 0 bridgehead atoms. The van der Waals surface area contributed by atoms with Gasteiger partial charge < -0.3 is 4.57 Å². The third kappa shape index (κ3) is 3.54. The number of thiophene rings is 1. The molecule has 0 atom stereocenters. The lowest BCUT2D eigenvalue weighted by molar-refractivity contribution is 0.100. The SMILES string of the molecule is CSCCn1c(=NC(=O)c2sc3ccccc3c2Cl)sc2cc(C)c(C)cc21. The van der Waals surface area contributed by atoms with Crippen LogP contribution in [0.2, 0.25) is 5.02 Å². The maximum Gasteiger partial charge on any atom is 0.291 e. The van der Waals surface area contributed by atoms with Gasteiger partial charge in [0.15, 0.2) is 4.80 Å². The van der Waals surface area contributed by atoms with E-state index in [1.54, 1.807) is 23.1 Å². The van der Waals surface area contributed by atoms with Gasteiger partial charge in [0.05, 0.1) is 15.2 Å². The van der Waals surface area contributed by atoms with Gasteiger partial charge in [-0.2, -0.15) is 16.8 Å². The van der Waals surface area contributed by atoms with Crippen LogP contribution in [0, 0.1) is 13.8 Å². The number of carbonyl (C=O) groups is 1.